The fourth-order valence-corrected chi connectivity index (χ4v) is 3.16. The molecule has 0 aliphatic carbocycles. The van der Waals surface area contributed by atoms with Crippen LogP contribution >= 0.6 is 0 Å². The number of rotatable bonds is 5. The average Bonchev–Trinajstić information content (AvgIpc) is 2.59. The molecule has 2 amide bonds. The highest BCUT2D eigenvalue weighted by Gasteiger charge is 2.24. The van der Waals surface area contributed by atoms with Crippen LogP contribution < -0.4 is 10.6 Å². The van der Waals surface area contributed by atoms with Gasteiger partial charge in [-0.1, -0.05) is 18.6 Å². The Balaban J connectivity index is 1.91. The van der Waals surface area contributed by atoms with Gasteiger partial charge in [-0.15, -0.1) is 0 Å². The number of ether oxygens (including phenoxy) is 1. The summed E-state index contributed by atoms with van der Waals surface area (Å²) in [6.07, 6.45) is 3.04. The number of hydrogen-bond donors (Lipinski definition) is 2. The van der Waals surface area contributed by atoms with E-state index in [4.69, 9.17) is 4.74 Å². The van der Waals surface area contributed by atoms with Gasteiger partial charge in [0.2, 0.25) is 0 Å². The van der Waals surface area contributed by atoms with Crippen LogP contribution in [0, 0.1) is 0 Å². The molecule has 1 unspecified atom stereocenters. The molecule has 1 atom stereocenters. The van der Waals surface area contributed by atoms with Crippen LogP contribution in [0.1, 0.15) is 56.0 Å². The number of nitrogens with one attached hydrogen (secondary N) is 2. The number of carbonyl (C=O) groups is 2. The van der Waals surface area contributed by atoms with Crippen molar-refractivity contribution >= 4 is 12.0 Å². The largest absolute Gasteiger partial charge is 0.444 e. The second kappa shape index (κ2) is 9.03. The van der Waals surface area contributed by atoms with Gasteiger partial charge in [-0.3, -0.25) is 9.69 Å². The zero-order valence-corrected chi connectivity index (χ0v) is 16.3. The highest BCUT2D eigenvalue weighted by molar-refractivity contribution is 5.93. The molecule has 1 aromatic carbocycles. The summed E-state index contributed by atoms with van der Waals surface area (Å²) >= 11 is 0. The maximum absolute atomic E-state index is 11.9. The Labute approximate surface area is 156 Å². The fourth-order valence-electron chi connectivity index (χ4n) is 3.16. The Hall–Kier alpha value is -2.08. The molecule has 0 radical (unpaired) electrons. The van der Waals surface area contributed by atoms with Crippen molar-refractivity contribution in [2.75, 3.05) is 20.1 Å². The molecule has 1 fully saturated rings. The second-order valence-corrected chi connectivity index (χ2v) is 7.78. The van der Waals surface area contributed by atoms with Crippen molar-refractivity contribution < 1.29 is 14.3 Å². The Morgan fingerprint density at radius 1 is 1.19 bits per heavy atom. The summed E-state index contributed by atoms with van der Waals surface area (Å²) in [7, 11) is 1.63. The molecule has 1 aliphatic rings. The summed E-state index contributed by atoms with van der Waals surface area (Å²) in [6.45, 7) is 8.00. The van der Waals surface area contributed by atoms with Gasteiger partial charge in [0.15, 0.2) is 0 Å². The monoisotopic (exact) mass is 361 g/mol. The molecule has 0 aromatic heterocycles. The Bertz CT molecular complexity index is 608. The van der Waals surface area contributed by atoms with Crippen molar-refractivity contribution in [2.24, 2.45) is 0 Å². The van der Waals surface area contributed by atoms with E-state index in [1.54, 1.807) is 7.05 Å². The minimum Gasteiger partial charge on any atom is -0.444 e. The van der Waals surface area contributed by atoms with Crippen LogP contribution in [0.4, 0.5) is 4.79 Å². The highest BCUT2D eigenvalue weighted by atomic mass is 16.6. The molecule has 2 rings (SSSR count). The SMILES string of the molecule is CNC(=O)c1ccc(CN2CCCCC2CNC(=O)OC(C)(C)C)cc1. The first kappa shape index (κ1) is 20.2. The Kier molecular flexibility index (Phi) is 7.03. The van der Waals surface area contributed by atoms with Gasteiger partial charge >= 0.3 is 6.09 Å². The van der Waals surface area contributed by atoms with Gasteiger partial charge in [-0.25, -0.2) is 4.79 Å². The molecular formula is C20H31N3O3. The number of likely N-dealkylation sites (tertiary alicyclic amines) is 1. The predicted octanol–water partition coefficient (Wildman–Crippen LogP) is 2.93. The lowest BCUT2D eigenvalue weighted by atomic mass is 10.0. The van der Waals surface area contributed by atoms with E-state index in [1.165, 1.54) is 18.4 Å². The molecular weight excluding hydrogens is 330 g/mol. The lowest BCUT2D eigenvalue weighted by molar-refractivity contribution is 0.0492. The number of benzene rings is 1. The molecule has 1 aromatic rings. The number of alkyl carbamates (subject to hydrolysis) is 1. The molecule has 6 nitrogen and oxygen atoms in total. The molecule has 0 saturated carbocycles. The van der Waals surface area contributed by atoms with Crippen molar-refractivity contribution in [1.29, 1.82) is 0 Å². The van der Waals surface area contributed by atoms with Gasteiger partial charge < -0.3 is 15.4 Å². The van der Waals surface area contributed by atoms with Gasteiger partial charge in [0.25, 0.3) is 5.91 Å². The van der Waals surface area contributed by atoms with Crippen LogP contribution in [0.3, 0.4) is 0 Å². The fraction of sp³-hybridized carbons (Fsp3) is 0.600. The van der Waals surface area contributed by atoms with E-state index >= 15 is 0 Å². The smallest absolute Gasteiger partial charge is 0.407 e. The van der Waals surface area contributed by atoms with E-state index < -0.39 is 5.60 Å². The molecule has 26 heavy (non-hydrogen) atoms. The zero-order valence-electron chi connectivity index (χ0n) is 16.3. The molecule has 1 aliphatic heterocycles. The summed E-state index contributed by atoms with van der Waals surface area (Å²) in [5, 5.41) is 5.53. The Morgan fingerprint density at radius 3 is 2.50 bits per heavy atom. The normalized spacial score (nSPS) is 18.2. The molecule has 144 valence electrons. The number of nitrogens with zero attached hydrogens (tertiary/aromatic N) is 1. The first-order chi connectivity index (χ1) is 12.3. The molecule has 0 spiro atoms. The molecule has 1 saturated heterocycles. The third-order valence-electron chi connectivity index (χ3n) is 4.46. The van der Waals surface area contributed by atoms with E-state index in [-0.39, 0.29) is 12.0 Å². The predicted molar refractivity (Wildman–Crippen MR) is 102 cm³/mol. The molecule has 1 heterocycles. The Morgan fingerprint density at radius 2 is 1.88 bits per heavy atom. The van der Waals surface area contributed by atoms with Crippen molar-refractivity contribution in [3.63, 3.8) is 0 Å². The van der Waals surface area contributed by atoms with Crippen molar-refractivity contribution in [1.82, 2.24) is 15.5 Å². The van der Waals surface area contributed by atoms with Gasteiger partial charge in [-0.2, -0.15) is 0 Å². The second-order valence-electron chi connectivity index (χ2n) is 7.78. The van der Waals surface area contributed by atoms with Crippen LogP contribution in [0.25, 0.3) is 0 Å². The number of carbonyl (C=O) groups excluding carboxylic acids is 2. The van der Waals surface area contributed by atoms with Crippen LogP contribution in [0.2, 0.25) is 0 Å². The van der Waals surface area contributed by atoms with E-state index in [0.717, 1.165) is 19.5 Å². The topological polar surface area (TPSA) is 70.7 Å². The summed E-state index contributed by atoms with van der Waals surface area (Å²) in [5.41, 5.74) is 1.35. The summed E-state index contributed by atoms with van der Waals surface area (Å²) in [5.74, 6) is -0.0750. The van der Waals surface area contributed by atoms with Gasteiger partial charge in [0.1, 0.15) is 5.60 Å². The van der Waals surface area contributed by atoms with Gasteiger partial charge in [0.05, 0.1) is 0 Å². The average molecular weight is 361 g/mol. The van der Waals surface area contributed by atoms with Crippen LogP contribution in [-0.2, 0) is 11.3 Å². The van der Waals surface area contributed by atoms with Crippen molar-refractivity contribution in [3.05, 3.63) is 35.4 Å². The maximum atomic E-state index is 11.9. The standard InChI is InChI=1S/C20H31N3O3/c1-20(2,3)26-19(25)22-13-17-7-5-6-12-23(17)14-15-8-10-16(11-9-15)18(24)21-4/h8-11,17H,5-7,12-14H2,1-4H3,(H,21,24)(H,22,25). The van der Waals surface area contributed by atoms with Gasteiger partial charge in [-0.05, 0) is 57.9 Å². The van der Waals surface area contributed by atoms with E-state index in [2.05, 4.69) is 15.5 Å². The molecule has 2 N–H and O–H groups in total. The summed E-state index contributed by atoms with van der Waals surface area (Å²) in [4.78, 5) is 25.9. The number of amides is 2. The van der Waals surface area contributed by atoms with Crippen molar-refractivity contribution in [2.45, 2.75) is 58.2 Å². The van der Waals surface area contributed by atoms with Crippen LogP contribution in [0.5, 0.6) is 0 Å². The minimum atomic E-state index is -0.483. The molecule has 0 bridgehead atoms. The van der Waals surface area contributed by atoms with Gasteiger partial charge in [0, 0.05) is 31.7 Å². The quantitative estimate of drug-likeness (QED) is 0.846. The lowest BCUT2D eigenvalue weighted by Crippen LogP contribution is -2.47. The zero-order chi connectivity index (χ0) is 19.2. The number of piperidine rings is 1. The van der Waals surface area contributed by atoms with E-state index in [9.17, 15) is 9.59 Å². The van der Waals surface area contributed by atoms with E-state index in [1.807, 2.05) is 45.0 Å². The summed E-state index contributed by atoms with van der Waals surface area (Å²) in [6, 6.07) is 8.00. The van der Waals surface area contributed by atoms with Crippen LogP contribution in [-0.4, -0.2) is 48.7 Å². The summed E-state index contributed by atoms with van der Waals surface area (Å²) < 4.78 is 5.32. The third kappa shape index (κ3) is 6.33. The third-order valence-corrected chi connectivity index (χ3v) is 4.46. The first-order valence-corrected chi connectivity index (χ1v) is 9.30. The van der Waals surface area contributed by atoms with Crippen LogP contribution in [0.15, 0.2) is 24.3 Å². The first-order valence-electron chi connectivity index (χ1n) is 9.30. The highest BCUT2D eigenvalue weighted by Crippen LogP contribution is 2.20. The number of hydrogen-bond acceptors (Lipinski definition) is 4. The van der Waals surface area contributed by atoms with Crippen molar-refractivity contribution in [3.8, 4) is 0 Å². The maximum Gasteiger partial charge on any atom is 0.407 e. The molecule has 6 heteroatoms. The lowest BCUT2D eigenvalue weighted by Gasteiger charge is -2.36. The minimum absolute atomic E-state index is 0.0750. The van der Waals surface area contributed by atoms with E-state index in [0.29, 0.717) is 18.2 Å².